The van der Waals surface area contributed by atoms with Gasteiger partial charge in [0.1, 0.15) is 23.8 Å². The highest BCUT2D eigenvalue weighted by Crippen LogP contribution is 2.47. The first kappa shape index (κ1) is 33.0. The Labute approximate surface area is 321 Å². The van der Waals surface area contributed by atoms with Gasteiger partial charge in [0.2, 0.25) is 0 Å². The topological polar surface area (TPSA) is 33.0 Å². The van der Waals surface area contributed by atoms with Crippen molar-refractivity contribution in [1.82, 2.24) is 9.38 Å². The summed E-state index contributed by atoms with van der Waals surface area (Å²) in [7, 11) is 0. The Kier molecular flexibility index (Phi) is 7.50. The van der Waals surface area contributed by atoms with E-state index in [9.17, 15) is 0 Å². The number of hydrogen-bond donors (Lipinski definition) is 0. The van der Waals surface area contributed by atoms with Crippen molar-refractivity contribution in [2.75, 3.05) is 16.5 Å². The Bertz CT molecular complexity index is 2980. The van der Waals surface area contributed by atoms with Gasteiger partial charge in [0.05, 0.1) is 27.9 Å². The van der Waals surface area contributed by atoms with Crippen LogP contribution in [0.25, 0.3) is 49.5 Å². The van der Waals surface area contributed by atoms with E-state index in [0.29, 0.717) is 6.67 Å². The van der Waals surface area contributed by atoms with Crippen molar-refractivity contribution < 1.29 is 4.74 Å². The molecule has 55 heavy (non-hydrogen) atoms. The molecular formula is C50H42N4O. The zero-order valence-electron chi connectivity index (χ0n) is 32.1. The van der Waals surface area contributed by atoms with Gasteiger partial charge >= 0.3 is 0 Å². The second-order valence-electron chi connectivity index (χ2n) is 15.3. The summed E-state index contributed by atoms with van der Waals surface area (Å²) < 4.78 is 9.04. The first-order valence-electron chi connectivity index (χ1n) is 19.1. The monoisotopic (exact) mass is 714 g/mol. The minimum atomic E-state index is 0.715. The lowest BCUT2D eigenvalue weighted by molar-refractivity contribution is 0.483. The maximum Gasteiger partial charge on any atom is 0.146 e. The van der Waals surface area contributed by atoms with Gasteiger partial charge in [0.15, 0.2) is 0 Å². The third-order valence-corrected chi connectivity index (χ3v) is 11.3. The Morgan fingerprint density at radius 1 is 0.509 bits per heavy atom. The van der Waals surface area contributed by atoms with E-state index in [4.69, 9.17) is 9.72 Å². The fourth-order valence-electron chi connectivity index (χ4n) is 9.27. The second kappa shape index (κ2) is 12.5. The fourth-order valence-corrected chi connectivity index (χ4v) is 9.27. The first-order chi connectivity index (χ1) is 26.7. The molecule has 10 rings (SSSR count). The molecule has 0 saturated heterocycles. The van der Waals surface area contributed by atoms with Gasteiger partial charge in [-0.2, -0.15) is 0 Å². The van der Waals surface area contributed by atoms with Gasteiger partial charge in [-0.1, -0.05) is 77.9 Å². The van der Waals surface area contributed by atoms with Crippen LogP contribution in [0.15, 0.2) is 133 Å². The number of fused-ring (bicyclic) bond motifs is 9. The van der Waals surface area contributed by atoms with Crippen molar-refractivity contribution in [1.29, 1.82) is 0 Å². The maximum absolute atomic E-state index is 6.71. The Morgan fingerprint density at radius 2 is 1.16 bits per heavy atom. The van der Waals surface area contributed by atoms with Gasteiger partial charge in [-0.25, -0.2) is 4.98 Å². The molecular weight excluding hydrogens is 673 g/mol. The Balaban J connectivity index is 1.06. The molecule has 0 atom stereocenters. The minimum absolute atomic E-state index is 0.715. The number of pyridine rings is 1. The molecule has 1 aliphatic heterocycles. The molecule has 268 valence electrons. The summed E-state index contributed by atoms with van der Waals surface area (Å²) in [6.07, 6.45) is 0. The molecule has 0 unspecified atom stereocenters. The summed E-state index contributed by atoms with van der Waals surface area (Å²) in [6.45, 7) is 13.9. The minimum Gasteiger partial charge on any atom is -0.457 e. The van der Waals surface area contributed by atoms with E-state index >= 15 is 0 Å². The lowest BCUT2D eigenvalue weighted by Gasteiger charge is -2.25. The zero-order chi connectivity index (χ0) is 37.5. The van der Waals surface area contributed by atoms with E-state index in [1.807, 2.05) is 6.07 Å². The Morgan fingerprint density at radius 3 is 1.93 bits per heavy atom. The summed E-state index contributed by atoms with van der Waals surface area (Å²) in [5.41, 5.74) is 19.1. The highest BCUT2D eigenvalue weighted by Gasteiger charge is 2.29. The molecule has 0 saturated carbocycles. The van der Waals surface area contributed by atoms with Crippen LogP contribution in [0.1, 0.15) is 33.4 Å². The molecule has 0 spiro atoms. The van der Waals surface area contributed by atoms with Crippen LogP contribution < -0.4 is 14.5 Å². The number of hydrogen-bond acceptors (Lipinski definition) is 4. The Hall–Kier alpha value is -6.59. The summed E-state index contributed by atoms with van der Waals surface area (Å²) in [5, 5.41) is 3.39. The molecule has 3 heterocycles. The van der Waals surface area contributed by atoms with E-state index in [-0.39, 0.29) is 0 Å². The van der Waals surface area contributed by atoms with Crippen LogP contribution >= 0.6 is 0 Å². The van der Waals surface area contributed by atoms with E-state index in [2.05, 4.69) is 183 Å². The summed E-state index contributed by atoms with van der Waals surface area (Å²) in [4.78, 5) is 10.0. The van der Waals surface area contributed by atoms with E-state index in [1.54, 1.807) is 0 Å². The van der Waals surface area contributed by atoms with E-state index in [1.165, 1.54) is 67.0 Å². The largest absolute Gasteiger partial charge is 0.457 e. The first-order valence-corrected chi connectivity index (χ1v) is 19.1. The van der Waals surface area contributed by atoms with Crippen LogP contribution in [-0.4, -0.2) is 16.1 Å². The van der Waals surface area contributed by atoms with Crippen molar-refractivity contribution >= 4 is 61.1 Å². The predicted octanol–water partition coefficient (Wildman–Crippen LogP) is 13.4. The molecule has 7 aromatic carbocycles. The quantitative estimate of drug-likeness (QED) is 0.166. The third kappa shape index (κ3) is 5.33. The molecule has 0 bridgehead atoms. The molecule has 5 nitrogen and oxygen atoms in total. The molecule has 0 fully saturated rings. The maximum atomic E-state index is 6.71. The number of imidazole rings is 1. The summed E-state index contributed by atoms with van der Waals surface area (Å²) >= 11 is 0. The number of anilines is 4. The normalized spacial score (nSPS) is 12.8. The van der Waals surface area contributed by atoms with Crippen LogP contribution in [0.2, 0.25) is 0 Å². The number of aromatic nitrogens is 2. The SMILES string of the molecule is Cc1cc(C)c(-c2ccc3c4ccc(Oc5cccc(N6CN(c7c(C)cc(C)cc7C)c7ccccc76)c5)cc4c4nc5ccccc5n4c3c2)c(C)c1. The lowest BCUT2D eigenvalue weighted by Crippen LogP contribution is -2.25. The van der Waals surface area contributed by atoms with Crippen LogP contribution in [0.5, 0.6) is 11.5 Å². The molecule has 1 aliphatic rings. The highest BCUT2D eigenvalue weighted by atomic mass is 16.5. The number of aryl methyl sites for hydroxylation is 6. The fraction of sp³-hybridized carbons (Fsp3) is 0.140. The number of nitrogens with zero attached hydrogens (tertiary/aromatic N) is 4. The van der Waals surface area contributed by atoms with Crippen molar-refractivity contribution in [3.8, 4) is 22.6 Å². The molecule has 0 N–H and O–H groups in total. The molecule has 2 aromatic heterocycles. The van der Waals surface area contributed by atoms with Crippen molar-refractivity contribution in [3.63, 3.8) is 0 Å². The molecule has 5 heteroatoms. The van der Waals surface area contributed by atoms with Gasteiger partial charge in [-0.05, 0) is 141 Å². The van der Waals surface area contributed by atoms with Crippen molar-refractivity contribution in [2.45, 2.75) is 41.5 Å². The van der Waals surface area contributed by atoms with E-state index in [0.717, 1.165) is 50.2 Å². The number of benzene rings is 7. The van der Waals surface area contributed by atoms with Crippen molar-refractivity contribution in [3.05, 3.63) is 167 Å². The second-order valence-corrected chi connectivity index (χ2v) is 15.3. The van der Waals surface area contributed by atoms with Crippen LogP contribution in [0.4, 0.5) is 22.7 Å². The predicted molar refractivity (Wildman–Crippen MR) is 230 cm³/mol. The van der Waals surface area contributed by atoms with Gasteiger partial charge in [-0.3, -0.25) is 4.40 Å². The molecule has 0 radical (unpaired) electrons. The van der Waals surface area contributed by atoms with Crippen LogP contribution in [0.3, 0.4) is 0 Å². The lowest BCUT2D eigenvalue weighted by atomic mass is 9.92. The van der Waals surface area contributed by atoms with Crippen LogP contribution in [0, 0.1) is 41.5 Å². The number of ether oxygens (including phenoxy) is 1. The van der Waals surface area contributed by atoms with Crippen LogP contribution in [-0.2, 0) is 0 Å². The third-order valence-electron chi connectivity index (χ3n) is 11.3. The summed E-state index contributed by atoms with van der Waals surface area (Å²) in [5.74, 6) is 1.56. The van der Waals surface area contributed by atoms with Gasteiger partial charge in [0, 0.05) is 28.2 Å². The van der Waals surface area contributed by atoms with Gasteiger partial charge in [0.25, 0.3) is 0 Å². The molecule has 9 aromatic rings. The summed E-state index contributed by atoms with van der Waals surface area (Å²) in [6, 6.07) is 48.0. The van der Waals surface area contributed by atoms with Crippen molar-refractivity contribution in [2.24, 2.45) is 0 Å². The highest BCUT2D eigenvalue weighted by molar-refractivity contribution is 6.14. The average molecular weight is 715 g/mol. The molecule has 0 amide bonds. The standard InChI is InChI=1S/C50H42N4O/c1-30-22-32(3)48(33(4)23-30)36-18-20-41-40-21-19-39(28-42(40)50-51-43-14-7-8-15-44(43)54(50)47(41)26-36)55-38-13-11-12-37(27-38)52-29-53(46-17-10-9-16-45(46)52)49-34(5)24-31(2)25-35(49)6/h7-28H,29H2,1-6H3. The molecule has 0 aliphatic carbocycles. The zero-order valence-corrected chi connectivity index (χ0v) is 32.1. The number of para-hydroxylation sites is 4. The van der Waals surface area contributed by atoms with Gasteiger partial charge in [-0.15, -0.1) is 0 Å². The van der Waals surface area contributed by atoms with E-state index < -0.39 is 0 Å². The smallest absolute Gasteiger partial charge is 0.146 e. The van der Waals surface area contributed by atoms with Gasteiger partial charge < -0.3 is 14.5 Å². The average Bonchev–Trinajstić information content (AvgIpc) is 3.74. The number of rotatable bonds is 5.